The molecule has 1 heterocycles. The van der Waals surface area contributed by atoms with Gasteiger partial charge in [0.15, 0.2) is 0 Å². The highest BCUT2D eigenvalue weighted by Crippen LogP contribution is 2.32. The molecule has 6 heteroatoms. The minimum Gasteiger partial charge on any atom is -0.507 e. The Bertz CT molecular complexity index is 771. The van der Waals surface area contributed by atoms with Crippen LogP contribution < -0.4 is 0 Å². The van der Waals surface area contributed by atoms with E-state index in [1.165, 1.54) is 6.07 Å². The number of rotatable bonds is 2. The number of aromatic nitrogens is 2. The van der Waals surface area contributed by atoms with Crippen LogP contribution >= 0.6 is 23.2 Å². The third kappa shape index (κ3) is 2.48. The Kier molecular flexibility index (Phi) is 3.34. The molecule has 20 heavy (non-hydrogen) atoms. The van der Waals surface area contributed by atoms with Gasteiger partial charge in [0, 0.05) is 15.6 Å². The first-order valence-corrected chi connectivity index (χ1v) is 6.47. The van der Waals surface area contributed by atoms with Crippen LogP contribution in [0.1, 0.15) is 0 Å². The molecule has 0 unspecified atom stereocenters. The summed E-state index contributed by atoms with van der Waals surface area (Å²) < 4.78 is 5.16. The van der Waals surface area contributed by atoms with E-state index in [1.54, 1.807) is 30.3 Å². The smallest absolute Gasteiger partial charge is 0.262 e. The standard InChI is InChI=1S/C14H8Cl2N2O2/c15-9-3-1-2-8(6-9)13-17-14(20-18-13)11-7-10(16)4-5-12(11)19/h1-7,19H. The van der Waals surface area contributed by atoms with Crippen LogP contribution in [0.25, 0.3) is 22.8 Å². The van der Waals surface area contributed by atoms with Crippen molar-refractivity contribution in [2.75, 3.05) is 0 Å². The maximum Gasteiger partial charge on any atom is 0.262 e. The van der Waals surface area contributed by atoms with Crippen LogP contribution in [-0.4, -0.2) is 15.2 Å². The van der Waals surface area contributed by atoms with E-state index >= 15 is 0 Å². The van der Waals surface area contributed by atoms with Crippen molar-refractivity contribution in [2.24, 2.45) is 0 Å². The molecule has 100 valence electrons. The molecule has 3 rings (SSSR count). The van der Waals surface area contributed by atoms with Crippen molar-refractivity contribution in [3.8, 4) is 28.6 Å². The van der Waals surface area contributed by atoms with Crippen LogP contribution in [0.15, 0.2) is 47.0 Å². The molecule has 0 radical (unpaired) electrons. The van der Waals surface area contributed by atoms with E-state index in [4.69, 9.17) is 27.7 Å². The molecule has 0 aliphatic rings. The summed E-state index contributed by atoms with van der Waals surface area (Å²) in [5.74, 6) is 0.609. The topological polar surface area (TPSA) is 59.2 Å². The van der Waals surface area contributed by atoms with Gasteiger partial charge in [-0.25, -0.2) is 0 Å². The second kappa shape index (κ2) is 5.15. The van der Waals surface area contributed by atoms with Gasteiger partial charge in [0.1, 0.15) is 5.75 Å². The molecule has 3 aromatic rings. The van der Waals surface area contributed by atoms with Crippen LogP contribution in [0.4, 0.5) is 0 Å². The Morgan fingerprint density at radius 1 is 1.00 bits per heavy atom. The van der Waals surface area contributed by atoms with E-state index in [0.717, 1.165) is 5.56 Å². The second-order valence-corrected chi connectivity index (χ2v) is 4.97. The highest BCUT2D eigenvalue weighted by atomic mass is 35.5. The zero-order valence-electron chi connectivity index (χ0n) is 10.0. The van der Waals surface area contributed by atoms with Crippen LogP contribution in [0.5, 0.6) is 5.75 Å². The monoisotopic (exact) mass is 306 g/mol. The normalized spacial score (nSPS) is 10.7. The highest BCUT2D eigenvalue weighted by Gasteiger charge is 2.14. The predicted octanol–water partition coefficient (Wildman–Crippen LogP) is 4.42. The van der Waals surface area contributed by atoms with E-state index in [0.29, 0.717) is 21.4 Å². The lowest BCUT2D eigenvalue weighted by atomic mass is 10.2. The highest BCUT2D eigenvalue weighted by molar-refractivity contribution is 6.31. The minimum absolute atomic E-state index is 0.0238. The van der Waals surface area contributed by atoms with Gasteiger partial charge >= 0.3 is 0 Å². The molecular weight excluding hydrogens is 299 g/mol. The van der Waals surface area contributed by atoms with Gasteiger partial charge in [-0.15, -0.1) is 0 Å². The van der Waals surface area contributed by atoms with Gasteiger partial charge in [-0.3, -0.25) is 0 Å². The molecule has 0 bridgehead atoms. The Morgan fingerprint density at radius 2 is 1.80 bits per heavy atom. The van der Waals surface area contributed by atoms with Crippen molar-refractivity contribution in [3.63, 3.8) is 0 Å². The van der Waals surface area contributed by atoms with E-state index < -0.39 is 0 Å². The van der Waals surface area contributed by atoms with Crippen molar-refractivity contribution >= 4 is 23.2 Å². The number of hydrogen-bond donors (Lipinski definition) is 1. The van der Waals surface area contributed by atoms with E-state index in [9.17, 15) is 5.11 Å². The fraction of sp³-hybridized carbons (Fsp3) is 0. The molecule has 0 spiro atoms. The fourth-order valence-electron chi connectivity index (χ4n) is 1.76. The third-order valence-corrected chi connectivity index (χ3v) is 3.17. The number of phenolic OH excluding ortho intramolecular Hbond substituents is 1. The summed E-state index contributed by atoms with van der Waals surface area (Å²) in [6.07, 6.45) is 0. The first-order chi connectivity index (χ1) is 9.63. The first kappa shape index (κ1) is 13.0. The number of nitrogens with zero attached hydrogens (tertiary/aromatic N) is 2. The fourth-order valence-corrected chi connectivity index (χ4v) is 2.12. The average Bonchev–Trinajstić information content (AvgIpc) is 2.91. The van der Waals surface area contributed by atoms with Crippen LogP contribution in [-0.2, 0) is 0 Å². The lowest BCUT2D eigenvalue weighted by molar-refractivity contribution is 0.426. The van der Waals surface area contributed by atoms with Crippen molar-refractivity contribution in [1.29, 1.82) is 0 Å². The number of benzene rings is 2. The predicted molar refractivity (Wildman–Crippen MR) is 76.9 cm³/mol. The Labute approximate surface area is 124 Å². The van der Waals surface area contributed by atoms with Crippen LogP contribution in [0, 0.1) is 0 Å². The molecule has 0 saturated carbocycles. The Morgan fingerprint density at radius 3 is 2.60 bits per heavy atom. The molecule has 0 fully saturated rings. The molecular formula is C14H8Cl2N2O2. The largest absolute Gasteiger partial charge is 0.507 e. The summed E-state index contributed by atoms with van der Waals surface area (Å²) in [5.41, 5.74) is 1.12. The lowest BCUT2D eigenvalue weighted by Gasteiger charge is -1.99. The van der Waals surface area contributed by atoms with E-state index in [1.807, 2.05) is 6.07 Å². The van der Waals surface area contributed by atoms with E-state index in [-0.39, 0.29) is 11.6 Å². The van der Waals surface area contributed by atoms with Gasteiger partial charge in [0.05, 0.1) is 5.56 Å². The third-order valence-electron chi connectivity index (χ3n) is 2.70. The summed E-state index contributed by atoms with van der Waals surface area (Å²) in [6, 6.07) is 11.7. The van der Waals surface area contributed by atoms with Crippen molar-refractivity contribution in [3.05, 3.63) is 52.5 Å². The molecule has 0 atom stereocenters. The number of halogens is 2. The maximum atomic E-state index is 9.80. The van der Waals surface area contributed by atoms with Crippen LogP contribution in [0.2, 0.25) is 10.0 Å². The molecule has 1 aromatic heterocycles. The van der Waals surface area contributed by atoms with Crippen molar-refractivity contribution in [1.82, 2.24) is 10.1 Å². The Balaban J connectivity index is 2.04. The van der Waals surface area contributed by atoms with Gasteiger partial charge in [0.2, 0.25) is 5.82 Å². The number of phenols is 1. The van der Waals surface area contributed by atoms with Gasteiger partial charge in [-0.05, 0) is 30.3 Å². The molecule has 0 amide bonds. The number of aromatic hydroxyl groups is 1. The molecule has 0 aliphatic carbocycles. The SMILES string of the molecule is Oc1ccc(Cl)cc1-c1nc(-c2cccc(Cl)c2)no1. The number of hydrogen-bond acceptors (Lipinski definition) is 4. The molecule has 0 aliphatic heterocycles. The van der Waals surface area contributed by atoms with Crippen molar-refractivity contribution < 1.29 is 9.63 Å². The van der Waals surface area contributed by atoms with Gasteiger partial charge < -0.3 is 9.63 Å². The zero-order valence-corrected chi connectivity index (χ0v) is 11.6. The first-order valence-electron chi connectivity index (χ1n) is 5.72. The summed E-state index contributed by atoms with van der Waals surface area (Å²) in [7, 11) is 0. The Hall–Kier alpha value is -2.04. The zero-order chi connectivity index (χ0) is 14.1. The van der Waals surface area contributed by atoms with Gasteiger partial charge in [-0.2, -0.15) is 4.98 Å². The molecule has 1 N–H and O–H groups in total. The maximum absolute atomic E-state index is 9.80. The van der Waals surface area contributed by atoms with Crippen LogP contribution in [0.3, 0.4) is 0 Å². The van der Waals surface area contributed by atoms with Gasteiger partial charge in [-0.1, -0.05) is 40.5 Å². The molecule has 0 saturated heterocycles. The summed E-state index contributed by atoms with van der Waals surface area (Å²) in [5, 5.41) is 14.7. The average molecular weight is 307 g/mol. The molecule has 4 nitrogen and oxygen atoms in total. The lowest BCUT2D eigenvalue weighted by Crippen LogP contribution is -1.82. The quantitative estimate of drug-likeness (QED) is 0.761. The minimum atomic E-state index is 0.0238. The summed E-state index contributed by atoms with van der Waals surface area (Å²) >= 11 is 11.8. The van der Waals surface area contributed by atoms with Crippen molar-refractivity contribution in [2.45, 2.75) is 0 Å². The van der Waals surface area contributed by atoms with Gasteiger partial charge in [0.25, 0.3) is 5.89 Å². The summed E-state index contributed by atoms with van der Waals surface area (Å²) in [4.78, 5) is 4.24. The molecule has 2 aromatic carbocycles. The second-order valence-electron chi connectivity index (χ2n) is 4.09. The summed E-state index contributed by atoms with van der Waals surface area (Å²) in [6.45, 7) is 0. The van der Waals surface area contributed by atoms with E-state index in [2.05, 4.69) is 10.1 Å².